The molecule has 72 valence electrons. The van der Waals surface area contributed by atoms with Crippen LogP contribution in [0.15, 0.2) is 0 Å². The molecule has 0 bridgehead atoms. The van der Waals surface area contributed by atoms with Gasteiger partial charge in [-0.1, -0.05) is 6.92 Å². The lowest BCUT2D eigenvalue weighted by Gasteiger charge is -2.17. The third-order valence-electron chi connectivity index (χ3n) is 1.53. The number of carboxylic acid groups (broad SMARTS) is 1. The molecule has 0 aromatic carbocycles. The Balaban J connectivity index is 4.01. The lowest BCUT2D eigenvalue weighted by molar-refractivity contribution is -0.442. The summed E-state index contributed by atoms with van der Waals surface area (Å²) >= 11 is 0. The quantitative estimate of drug-likeness (QED) is 0.608. The van der Waals surface area contributed by atoms with Crippen LogP contribution >= 0.6 is 0 Å². The molecule has 0 amide bonds. The number of quaternary nitrogens is 1. The first-order valence-electron chi connectivity index (χ1n) is 3.35. The van der Waals surface area contributed by atoms with Crippen LogP contribution in [-0.4, -0.2) is 18.2 Å². The fourth-order valence-electron chi connectivity index (χ4n) is 0.657. The van der Waals surface area contributed by atoms with Crippen molar-refractivity contribution in [3.8, 4) is 0 Å². The van der Waals surface area contributed by atoms with Gasteiger partial charge < -0.3 is 15.6 Å². The highest BCUT2D eigenvalue weighted by Gasteiger charge is 2.37. The van der Waals surface area contributed by atoms with Crippen LogP contribution in [0, 0.1) is 5.92 Å². The van der Waals surface area contributed by atoms with E-state index in [2.05, 4.69) is 5.73 Å². The maximum Gasteiger partial charge on any atom is 0.391 e. The predicted octanol–water partition coefficient (Wildman–Crippen LogP) is -1.06. The molecule has 0 aromatic rings. The van der Waals surface area contributed by atoms with Gasteiger partial charge in [0.25, 0.3) is 0 Å². The standard InChI is InChI=1S/C6H10F3NO2/c1-3(6(7,8)9)2-4(10)5(11)12/h3-4H,2,10H2,1H3,(H,11,12)/t3-,4-/m0/s1. The zero-order chi connectivity index (χ0) is 9.94. The second-order valence-corrected chi connectivity index (χ2v) is 2.69. The number of carbonyl (C=O) groups is 1. The Morgan fingerprint density at radius 1 is 1.58 bits per heavy atom. The van der Waals surface area contributed by atoms with Gasteiger partial charge in [-0.05, 0) is 0 Å². The number of aliphatic carboxylic acids is 1. The summed E-state index contributed by atoms with van der Waals surface area (Å²) in [6.07, 6.45) is -4.89. The fourth-order valence-corrected chi connectivity index (χ4v) is 0.657. The fraction of sp³-hybridized carbons (Fsp3) is 0.833. The zero-order valence-electron chi connectivity index (χ0n) is 6.52. The van der Waals surface area contributed by atoms with Crippen LogP contribution in [0.4, 0.5) is 13.2 Å². The summed E-state index contributed by atoms with van der Waals surface area (Å²) in [5.41, 5.74) is 3.03. The van der Waals surface area contributed by atoms with E-state index in [-0.39, 0.29) is 0 Å². The van der Waals surface area contributed by atoms with Gasteiger partial charge in [0.2, 0.25) is 0 Å². The average Bonchev–Trinajstić information content (AvgIpc) is 1.85. The van der Waals surface area contributed by atoms with Crippen LogP contribution in [-0.2, 0) is 4.79 Å². The van der Waals surface area contributed by atoms with Crippen molar-refractivity contribution in [1.82, 2.24) is 0 Å². The Hall–Kier alpha value is -0.780. The smallest absolute Gasteiger partial charge is 0.391 e. The van der Waals surface area contributed by atoms with Gasteiger partial charge in [-0.25, -0.2) is 0 Å². The molecule has 0 fully saturated rings. The minimum Gasteiger partial charge on any atom is -0.544 e. The number of carboxylic acids is 1. The molecule has 3 nitrogen and oxygen atoms in total. The van der Waals surface area contributed by atoms with Gasteiger partial charge in [-0.15, -0.1) is 0 Å². The normalized spacial score (nSPS) is 17.1. The summed E-state index contributed by atoms with van der Waals surface area (Å²) < 4.78 is 35.5. The van der Waals surface area contributed by atoms with Gasteiger partial charge in [0, 0.05) is 6.42 Å². The van der Waals surface area contributed by atoms with E-state index in [1.807, 2.05) is 0 Å². The molecule has 0 aliphatic rings. The Morgan fingerprint density at radius 2 is 2.00 bits per heavy atom. The van der Waals surface area contributed by atoms with Crippen LogP contribution < -0.4 is 10.8 Å². The molecule has 0 rings (SSSR count). The number of rotatable bonds is 3. The topological polar surface area (TPSA) is 67.8 Å². The predicted molar refractivity (Wildman–Crippen MR) is 31.5 cm³/mol. The molecule has 0 unspecified atom stereocenters. The van der Waals surface area contributed by atoms with Crippen molar-refractivity contribution < 1.29 is 28.8 Å². The molecule has 6 heteroatoms. The largest absolute Gasteiger partial charge is 0.544 e. The summed E-state index contributed by atoms with van der Waals surface area (Å²) in [5, 5.41) is 10.0. The lowest BCUT2D eigenvalue weighted by Crippen LogP contribution is -2.69. The van der Waals surface area contributed by atoms with E-state index >= 15 is 0 Å². The number of halogens is 3. The van der Waals surface area contributed by atoms with Crippen molar-refractivity contribution in [2.24, 2.45) is 5.92 Å². The maximum absolute atomic E-state index is 11.8. The first kappa shape index (κ1) is 11.2. The van der Waals surface area contributed by atoms with Gasteiger partial charge in [0.1, 0.15) is 6.04 Å². The van der Waals surface area contributed by atoms with E-state index in [1.165, 1.54) is 0 Å². The van der Waals surface area contributed by atoms with E-state index in [1.54, 1.807) is 0 Å². The van der Waals surface area contributed by atoms with Crippen molar-refractivity contribution >= 4 is 5.97 Å². The molecule has 12 heavy (non-hydrogen) atoms. The molecule has 3 N–H and O–H groups in total. The van der Waals surface area contributed by atoms with Crippen molar-refractivity contribution in [2.45, 2.75) is 25.6 Å². The first-order chi connectivity index (χ1) is 5.25. The van der Waals surface area contributed by atoms with Crippen LogP contribution in [0.5, 0.6) is 0 Å². The molecule has 0 spiro atoms. The highest BCUT2D eigenvalue weighted by molar-refractivity contribution is 5.69. The SMILES string of the molecule is C[C@@H](C[C@H]([NH3+])C(=O)[O-])C(F)(F)F. The summed E-state index contributed by atoms with van der Waals surface area (Å²) in [5.74, 6) is -3.20. The molecule has 0 aliphatic carbocycles. The second-order valence-electron chi connectivity index (χ2n) is 2.69. The molecule has 0 radical (unpaired) electrons. The third kappa shape index (κ3) is 3.56. The van der Waals surface area contributed by atoms with Gasteiger partial charge in [-0.3, -0.25) is 0 Å². The van der Waals surface area contributed by atoms with Gasteiger partial charge in [0.15, 0.2) is 0 Å². The third-order valence-corrected chi connectivity index (χ3v) is 1.53. The maximum atomic E-state index is 11.8. The van der Waals surface area contributed by atoms with Crippen molar-refractivity contribution in [3.63, 3.8) is 0 Å². The molecule has 0 saturated carbocycles. The molecule has 0 aromatic heterocycles. The molecular formula is C6H10F3NO2. The van der Waals surface area contributed by atoms with Crippen molar-refractivity contribution in [1.29, 1.82) is 0 Å². The zero-order valence-corrected chi connectivity index (χ0v) is 6.52. The van der Waals surface area contributed by atoms with Crippen molar-refractivity contribution in [2.75, 3.05) is 0 Å². The summed E-state index contributed by atoms with van der Waals surface area (Å²) in [6, 6.07) is -1.30. The first-order valence-corrected chi connectivity index (χ1v) is 3.35. The van der Waals surface area contributed by atoms with Crippen molar-refractivity contribution in [3.05, 3.63) is 0 Å². The van der Waals surface area contributed by atoms with Crippen LogP contribution in [0.2, 0.25) is 0 Å². The number of hydrogen-bond acceptors (Lipinski definition) is 2. The Kier molecular flexibility index (Phi) is 3.51. The Bertz CT molecular complexity index is 169. The number of carbonyl (C=O) groups excluding carboxylic acids is 1. The Labute approximate surface area is 67.4 Å². The van der Waals surface area contributed by atoms with E-state index in [0.29, 0.717) is 0 Å². The molecule has 0 aliphatic heterocycles. The van der Waals surface area contributed by atoms with Crippen LogP contribution in [0.25, 0.3) is 0 Å². The Morgan fingerprint density at radius 3 is 2.25 bits per heavy atom. The van der Waals surface area contributed by atoms with Gasteiger partial charge in [0.05, 0.1) is 11.9 Å². The molecule has 0 heterocycles. The monoisotopic (exact) mass is 185 g/mol. The minimum absolute atomic E-state index is 0.536. The van der Waals surface area contributed by atoms with E-state index in [9.17, 15) is 23.1 Å². The van der Waals surface area contributed by atoms with E-state index in [4.69, 9.17) is 0 Å². The lowest BCUT2D eigenvalue weighted by atomic mass is 10.0. The molecular weight excluding hydrogens is 175 g/mol. The second kappa shape index (κ2) is 3.75. The summed E-state index contributed by atoms with van der Waals surface area (Å²) in [7, 11) is 0. The molecule has 2 atom stereocenters. The number of alkyl halides is 3. The van der Waals surface area contributed by atoms with Crippen LogP contribution in [0.1, 0.15) is 13.3 Å². The van der Waals surface area contributed by atoms with E-state index < -0.39 is 30.5 Å². The summed E-state index contributed by atoms with van der Waals surface area (Å²) in [6.45, 7) is 0.918. The van der Waals surface area contributed by atoms with Crippen LogP contribution in [0.3, 0.4) is 0 Å². The highest BCUT2D eigenvalue weighted by atomic mass is 19.4. The number of hydrogen-bond donors (Lipinski definition) is 1. The summed E-state index contributed by atoms with van der Waals surface area (Å²) in [4.78, 5) is 10.0. The average molecular weight is 185 g/mol. The van der Waals surface area contributed by atoms with E-state index in [0.717, 1.165) is 6.92 Å². The highest BCUT2D eigenvalue weighted by Crippen LogP contribution is 2.28. The minimum atomic E-state index is -4.36. The van der Waals surface area contributed by atoms with Gasteiger partial charge >= 0.3 is 6.18 Å². The van der Waals surface area contributed by atoms with Gasteiger partial charge in [-0.2, -0.15) is 13.2 Å². The molecule has 0 saturated heterocycles.